The normalized spacial score (nSPS) is 12.1. The molecule has 1 atom stereocenters. The first-order chi connectivity index (χ1) is 9.56. The van der Waals surface area contributed by atoms with Gasteiger partial charge in [0.1, 0.15) is 11.5 Å². The quantitative estimate of drug-likeness (QED) is 0.927. The lowest BCUT2D eigenvalue weighted by atomic mass is 9.94. The molecular weight excluding hydrogens is 250 g/mol. The van der Waals surface area contributed by atoms with Crippen molar-refractivity contribution in [3.05, 3.63) is 58.7 Å². The Bertz CT molecular complexity index is 608. The highest BCUT2D eigenvalue weighted by molar-refractivity contribution is 5.47. The Labute approximate surface area is 120 Å². The molecule has 0 saturated carbocycles. The molecule has 0 saturated heterocycles. The number of benzene rings is 2. The van der Waals surface area contributed by atoms with Crippen LogP contribution in [0.2, 0.25) is 0 Å². The summed E-state index contributed by atoms with van der Waals surface area (Å²) in [5.41, 5.74) is 10.9. The van der Waals surface area contributed by atoms with Gasteiger partial charge in [-0.25, -0.2) is 0 Å². The van der Waals surface area contributed by atoms with Crippen LogP contribution in [0.1, 0.15) is 28.3 Å². The Balaban J connectivity index is 2.44. The molecule has 0 amide bonds. The highest BCUT2D eigenvalue weighted by atomic mass is 16.5. The van der Waals surface area contributed by atoms with Crippen LogP contribution in [0.15, 0.2) is 36.4 Å². The van der Waals surface area contributed by atoms with E-state index in [9.17, 15) is 0 Å². The van der Waals surface area contributed by atoms with E-state index in [1.165, 1.54) is 11.1 Å². The van der Waals surface area contributed by atoms with Crippen LogP contribution in [0.3, 0.4) is 0 Å². The van der Waals surface area contributed by atoms with Crippen LogP contribution < -0.4 is 15.2 Å². The van der Waals surface area contributed by atoms with Gasteiger partial charge in [-0.2, -0.15) is 0 Å². The molecule has 0 aliphatic carbocycles. The fourth-order valence-corrected chi connectivity index (χ4v) is 2.42. The Morgan fingerprint density at radius 1 is 0.900 bits per heavy atom. The van der Waals surface area contributed by atoms with E-state index in [0.717, 1.165) is 22.6 Å². The number of nitrogens with two attached hydrogens (primary N) is 1. The standard InChI is InChI=1S/C17H21NO2/c1-11-5-7-14(12(2)9-11)17(18)15-8-6-13(19-3)10-16(15)20-4/h5-10,17H,18H2,1-4H3. The minimum Gasteiger partial charge on any atom is -0.497 e. The van der Waals surface area contributed by atoms with Crippen molar-refractivity contribution in [3.8, 4) is 11.5 Å². The molecule has 0 aromatic heterocycles. The summed E-state index contributed by atoms with van der Waals surface area (Å²) in [5, 5.41) is 0. The minimum atomic E-state index is -0.212. The third-order valence-electron chi connectivity index (χ3n) is 3.54. The van der Waals surface area contributed by atoms with Crippen molar-refractivity contribution in [2.75, 3.05) is 14.2 Å². The van der Waals surface area contributed by atoms with Crippen LogP contribution in [0.5, 0.6) is 11.5 Å². The second kappa shape index (κ2) is 5.97. The van der Waals surface area contributed by atoms with E-state index in [2.05, 4.69) is 32.0 Å². The van der Waals surface area contributed by atoms with Gasteiger partial charge in [-0.15, -0.1) is 0 Å². The molecule has 0 bridgehead atoms. The Morgan fingerprint density at radius 2 is 1.60 bits per heavy atom. The third-order valence-corrected chi connectivity index (χ3v) is 3.54. The summed E-state index contributed by atoms with van der Waals surface area (Å²) in [6.45, 7) is 4.16. The maximum Gasteiger partial charge on any atom is 0.127 e. The number of ether oxygens (including phenoxy) is 2. The molecule has 0 radical (unpaired) electrons. The monoisotopic (exact) mass is 271 g/mol. The molecule has 3 nitrogen and oxygen atoms in total. The lowest BCUT2D eigenvalue weighted by Crippen LogP contribution is -2.14. The minimum absolute atomic E-state index is 0.212. The zero-order valence-corrected chi connectivity index (χ0v) is 12.4. The summed E-state index contributed by atoms with van der Waals surface area (Å²) in [6, 6.07) is 11.8. The van der Waals surface area contributed by atoms with E-state index in [1.54, 1.807) is 14.2 Å². The van der Waals surface area contributed by atoms with Crippen molar-refractivity contribution >= 4 is 0 Å². The zero-order valence-electron chi connectivity index (χ0n) is 12.4. The van der Waals surface area contributed by atoms with E-state index in [1.807, 2.05) is 18.2 Å². The first-order valence-electron chi connectivity index (χ1n) is 6.61. The SMILES string of the molecule is COc1ccc(C(N)c2ccc(C)cc2C)c(OC)c1. The maximum atomic E-state index is 6.41. The third kappa shape index (κ3) is 2.78. The highest BCUT2D eigenvalue weighted by Gasteiger charge is 2.16. The molecule has 1 unspecified atom stereocenters. The fourth-order valence-electron chi connectivity index (χ4n) is 2.42. The molecule has 2 aromatic carbocycles. The molecular formula is C17H21NO2. The predicted molar refractivity (Wildman–Crippen MR) is 81.5 cm³/mol. The van der Waals surface area contributed by atoms with Gasteiger partial charge in [-0.3, -0.25) is 0 Å². The van der Waals surface area contributed by atoms with Crippen LogP contribution in [-0.4, -0.2) is 14.2 Å². The summed E-state index contributed by atoms with van der Waals surface area (Å²) in [5.74, 6) is 1.51. The van der Waals surface area contributed by atoms with Crippen molar-refractivity contribution in [1.82, 2.24) is 0 Å². The van der Waals surface area contributed by atoms with Gasteiger partial charge in [-0.05, 0) is 37.1 Å². The largest absolute Gasteiger partial charge is 0.497 e. The van der Waals surface area contributed by atoms with Crippen molar-refractivity contribution in [1.29, 1.82) is 0 Å². The molecule has 2 N–H and O–H groups in total. The molecule has 0 spiro atoms. The maximum absolute atomic E-state index is 6.41. The summed E-state index contributed by atoms with van der Waals surface area (Å²) in [4.78, 5) is 0. The highest BCUT2D eigenvalue weighted by Crippen LogP contribution is 2.32. The number of rotatable bonds is 4. The van der Waals surface area contributed by atoms with Gasteiger partial charge >= 0.3 is 0 Å². The summed E-state index contributed by atoms with van der Waals surface area (Å²) < 4.78 is 10.6. The van der Waals surface area contributed by atoms with Crippen molar-refractivity contribution < 1.29 is 9.47 Å². The fraction of sp³-hybridized carbons (Fsp3) is 0.294. The van der Waals surface area contributed by atoms with E-state index >= 15 is 0 Å². The lowest BCUT2D eigenvalue weighted by molar-refractivity contribution is 0.390. The summed E-state index contributed by atoms with van der Waals surface area (Å²) in [6.07, 6.45) is 0. The van der Waals surface area contributed by atoms with E-state index < -0.39 is 0 Å². The lowest BCUT2D eigenvalue weighted by Gasteiger charge is -2.19. The van der Waals surface area contributed by atoms with Gasteiger partial charge in [0.05, 0.1) is 20.3 Å². The molecule has 0 heterocycles. The van der Waals surface area contributed by atoms with Gasteiger partial charge in [0.2, 0.25) is 0 Å². The second-order valence-corrected chi connectivity index (χ2v) is 4.95. The number of aryl methyl sites for hydroxylation is 2. The molecule has 20 heavy (non-hydrogen) atoms. The topological polar surface area (TPSA) is 44.5 Å². The molecule has 2 aromatic rings. The van der Waals surface area contributed by atoms with Gasteiger partial charge in [-0.1, -0.05) is 23.8 Å². The molecule has 0 aliphatic rings. The molecule has 106 valence electrons. The second-order valence-electron chi connectivity index (χ2n) is 4.95. The van der Waals surface area contributed by atoms with Gasteiger partial charge in [0, 0.05) is 11.6 Å². The predicted octanol–water partition coefficient (Wildman–Crippen LogP) is 3.37. The van der Waals surface area contributed by atoms with E-state index in [-0.39, 0.29) is 6.04 Å². The smallest absolute Gasteiger partial charge is 0.127 e. The van der Waals surface area contributed by atoms with Crippen molar-refractivity contribution in [2.45, 2.75) is 19.9 Å². The van der Waals surface area contributed by atoms with Crippen molar-refractivity contribution in [2.24, 2.45) is 5.73 Å². The van der Waals surface area contributed by atoms with Crippen LogP contribution in [0, 0.1) is 13.8 Å². The molecule has 3 heteroatoms. The van der Waals surface area contributed by atoms with Gasteiger partial charge < -0.3 is 15.2 Å². The zero-order chi connectivity index (χ0) is 14.7. The van der Waals surface area contributed by atoms with E-state index in [0.29, 0.717) is 0 Å². The van der Waals surface area contributed by atoms with Crippen LogP contribution in [-0.2, 0) is 0 Å². The Morgan fingerprint density at radius 3 is 2.20 bits per heavy atom. The van der Waals surface area contributed by atoms with E-state index in [4.69, 9.17) is 15.2 Å². The average Bonchev–Trinajstić information content (AvgIpc) is 2.46. The molecule has 0 fully saturated rings. The average molecular weight is 271 g/mol. The first-order valence-corrected chi connectivity index (χ1v) is 6.61. The molecule has 0 aliphatic heterocycles. The first kappa shape index (κ1) is 14.4. The van der Waals surface area contributed by atoms with Crippen LogP contribution in [0.4, 0.5) is 0 Å². The van der Waals surface area contributed by atoms with Gasteiger partial charge in [0.25, 0.3) is 0 Å². The molecule has 2 rings (SSSR count). The van der Waals surface area contributed by atoms with Gasteiger partial charge in [0.15, 0.2) is 0 Å². The Hall–Kier alpha value is -2.00. The van der Waals surface area contributed by atoms with Crippen LogP contribution in [0.25, 0.3) is 0 Å². The number of hydrogen-bond acceptors (Lipinski definition) is 3. The summed E-state index contributed by atoms with van der Waals surface area (Å²) in [7, 11) is 3.28. The van der Waals surface area contributed by atoms with Crippen LogP contribution >= 0.6 is 0 Å². The Kier molecular flexibility index (Phi) is 4.30. The number of methoxy groups -OCH3 is 2. The summed E-state index contributed by atoms with van der Waals surface area (Å²) >= 11 is 0. The number of hydrogen-bond donors (Lipinski definition) is 1. The van der Waals surface area contributed by atoms with Crippen molar-refractivity contribution in [3.63, 3.8) is 0 Å².